The molecule has 3 rings (SSSR count). The molecule has 2 heterocycles. The maximum Gasteiger partial charge on any atom is 0.193 e. The number of rotatable bonds is 8. The Kier molecular flexibility index (Phi) is 7.57. The van der Waals surface area contributed by atoms with Gasteiger partial charge in [0, 0.05) is 45.2 Å². The molecule has 0 radical (unpaired) electrons. The second-order valence-corrected chi connectivity index (χ2v) is 7.89. The summed E-state index contributed by atoms with van der Waals surface area (Å²) in [5.41, 5.74) is 1.58. The molecule has 28 heavy (non-hydrogen) atoms. The fourth-order valence-electron chi connectivity index (χ4n) is 4.14. The van der Waals surface area contributed by atoms with Crippen molar-refractivity contribution in [1.29, 1.82) is 0 Å². The lowest BCUT2D eigenvalue weighted by Crippen LogP contribution is -2.41. The lowest BCUT2D eigenvalue weighted by Gasteiger charge is -2.25. The van der Waals surface area contributed by atoms with E-state index in [1.807, 2.05) is 7.05 Å². The van der Waals surface area contributed by atoms with Gasteiger partial charge in [0.25, 0.3) is 0 Å². The number of hydrogen-bond acceptors (Lipinski definition) is 4. The highest BCUT2D eigenvalue weighted by Gasteiger charge is 2.42. The molecule has 1 spiro atoms. The van der Waals surface area contributed by atoms with E-state index in [-0.39, 0.29) is 0 Å². The Balaban J connectivity index is 1.43. The smallest absolute Gasteiger partial charge is 0.193 e. The van der Waals surface area contributed by atoms with Crippen LogP contribution in [0.1, 0.15) is 32.3 Å². The second-order valence-electron chi connectivity index (χ2n) is 7.89. The number of likely N-dealkylation sites (N-methyl/N-ethyl adjacent to an activating group) is 1. The van der Waals surface area contributed by atoms with E-state index in [0.29, 0.717) is 5.41 Å². The van der Waals surface area contributed by atoms with Gasteiger partial charge in [0.05, 0.1) is 6.61 Å². The average Bonchev–Trinajstić information content (AvgIpc) is 3.37. The Hall–Kier alpha value is -1.79. The normalized spacial score (nSPS) is 22.4. The van der Waals surface area contributed by atoms with Gasteiger partial charge in [0.1, 0.15) is 12.4 Å². The number of ether oxygens (including phenoxy) is 2. The van der Waals surface area contributed by atoms with E-state index >= 15 is 0 Å². The molecule has 0 bridgehead atoms. The summed E-state index contributed by atoms with van der Waals surface area (Å²) in [6, 6.07) is 8.37. The molecule has 2 aliphatic rings. The first-order chi connectivity index (χ1) is 13.7. The first-order valence-corrected chi connectivity index (χ1v) is 10.7. The third kappa shape index (κ3) is 5.39. The van der Waals surface area contributed by atoms with Crippen molar-refractivity contribution in [2.24, 2.45) is 10.4 Å². The summed E-state index contributed by atoms with van der Waals surface area (Å²) >= 11 is 0. The minimum absolute atomic E-state index is 0.349. The Morgan fingerprint density at radius 1 is 1.25 bits per heavy atom. The predicted molar refractivity (Wildman–Crippen MR) is 114 cm³/mol. The Bertz CT molecular complexity index is 622. The number of nitrogens with one attached hydrogen (secondary N) is 1. The van der Waals surface area contributed by atoms with Gasteiger partial charge in [-0.05, 0) is 43.6 Å². The number of guanidine groups is 1. The SMILES string of the molecule is CCN(CC)CCOc1ccc(CNC(=NC)N2CCC3(CCOC3)C2)cc1. The van der Waals surface area contributed by atoms with Gasteiger partial charge < -0.3 is 24.6 Å². The average molecular weight is 389 g/mol. The highest BCUT2D eigenvalue weighted by Crippen LogP contribution is 2.38. The Labute approximate surface area is 169 Å². The van der Waals surface area contributed by atoms with Crippen molar-refractivity contribution in [3.8, 4) is 5.75 Å². The van der Waals surface area contributed by atoms with Crippen LogP contribution in [0.15, 0.2) is 29.3 Å². The standard InChI is InChI=1S/C22H36N4O2/c1-4-25(5-2)13-15-28-20-8-6-19(7-9-20)16-24-21(23-3)26-12-10-22(17-26)11-14-27-18-22/h6-9H,4-5,10-18H2,1-3H3,(H,23,24). The molecule has 0 amide bonds. The molecule has 0 aromatic heterocycles. The van der Waals surface area contributed by atoms with Gasteiger partial charge in [-0.15, -0.1) is 0 Å². The molecule has 1 atom stereocenters. The topological polar surface area (TPSA) is 49.3 Å². The highest BCUT2D eigenvalue weighted by atomic mass is 16.5. The van der Waals surface area contributed by atoms with Gasteiger partial charge in [-0.2, -0.15) is 0 Å². The molecule has 156 valence electrons. The number of hydrogen-bond donors (Lipinski definition) is 1. The van der Waals surface area contributed by atoms with E-state index in [1.54, 1.807) is 0 Å². The highest BCUT2D eigenvalue weighted by molar-refractivity contribution is 5.80. The van der Waals surface area contributed by atoms with Gasteiger partial charge >= 0.3 is 0 Å². The minimum atomic E-state index is 0.349. The van der Waals surface area contributed by atoms with Crippen LogP contribution in [0.4, 0.5) is 0 Å². The molecular weight excluding hydrogens is 352 g/mol. The van der Waals surface area contributed by atoms with Crippen LogP contribution >= 0.6 is 0 Å². The number of likely N-dealkylation sites (tertiary alicyclic amines) is 1. The van der Waals surface area contributed by atoms with Crippen molar-refractivity contribution in [1.82, 2.24) is 15.1 Å². The molecular formula is C22H36N4O2. The molecule has 1 N–H and O–H groups in total. The summed E-state index contributed by atoms with van der Waals surface area (Å²) in [6.07, 6.45) is 2.38. The fraction of sp³-hybridized carbons (Fsp3) is 0.682. The third-order valence-corrected chi connectivity index (χ3v) is 6.08. The van der Waals surface area contributed by atoms with E-state index in [9.17, 15) is 0 Å². The third-order valence-electron chi connectivity index (χ3n) is 6.08. The molecule has 2 aliphatic heterocycles. The van der Waals surface area contributed by atoms with E-state index in [2.05, 4.69) is 58.2 Å². The van der Waals surface area contributed by atoms with E-state index in [4.69, 9.17) is 9.47 Å². The van der Waals surface area contributed by atoms with E-state index < -0.39 is 0 Å². The lowest BCUT2D eigenvalue weighted by molar-refractivity contribution is 0.156. The van der Waals surface area contributed by atoms with Gasteiger partial charge in [0.2, 0.25) is 0 Å². The van der Waals surface area contributed by atoms with Crippen LogP contribution in [-0.2, 0) is 11.3 Å². The van der Waals surface area contributed by atoms with Gasteiger partial charge in [0.15, 0.2) is 5.96 Å². The van der Waals surface area contributed by atoms with E-state index in [1.165, 1.54) is 18.4 Å². The number of benzene rings is 1. The van der Waals surface area contributed by atoms with Crippen LogP contribution in [0.3, 0.4) is 0 Å². The monoisotopic (exact) mass is 388 g/mol. The number of aliphatic imine (C=N–C) groups is 1. The quantitative estimate of drug-likeness (QED) is 0.548. The second kappa shape index (κ2) is 10.1. The summed E-state index contributed by atoms with van der Waals surface area (Å²) in [4.78, 5) is 9.23. The summed E-state index contributed by atoms with van der Waals surface area (Å²) in [6.45, 7) is 12.9. The molecule has 0 saturated carbocycles. The minimum Gasteiger partial charge on any atom is -0.492 e. The van der Waals surface area contributed by atoms with Crippen molar-refractivity contribution in [3.63, 3.8) is 0 Å². The van der Waals surface area contributed by atoms with Crippen LogP contribution in [0.2, 0.25) is 0 Å². The van der Waals surface area contributed by atoms with E-state index in [0.717, 1.165) is 70.8 Å². The van der Waals surface area contributed by atoms with Crippen LogP contribution in [0, 0.1) is 5.41 Å². The maximum absolute atomic E-state index is 5.87. The predicted octanol–water partition coefficient (Wildman–Crippen LogP) is 2.60. The van der Waals surface area contributed by atoms with Crippen molar-refractivity contribution < 1.29 is 9.47 Å². The lowest BCUT2D eigenvalue weighted by atomic mass is 9.87. The first kappa shape index (κ1) is 20.9. The van der Waals surface area contributed by atoms with Gasteiger partial charge in [-0.25, -0.2) is 0 Å². The molecule has 1 unspecified atom stereocenters. The summed E-state index contributed by atoms with van der Waals surface area (Å²) < 4.78 is 11.5. The number of nitrogens with zero attached hydrogens (tertiary/aromatic N) is 3. The van der Waals surface area contributed by atoms with Gasteiger partial charge in [-0.3, -0.25) is 4.99 Å². The summed E-state index contributed by atoms with van der Waals surface area (Å²) in [5.74, 6) is 1.92. The van der Waals surface area contributed by atoms with Crippen molar-refractivity contribution in [3.05, 3.63) is 29.8 Å². The summed E-state index contributed by atoms with van der Waals surface area (Å²) in [7, 11) is 1.87. The van der Waals surface area contributed by atoms with Crippen molar-refractivity contribution >= 4 is 5.96 Å². The Morgan fingerprint density at radius 3 is 2.68 bits per heavy atom. The molecule has 2 saturated heterocycles. The van der Waals surface area contributed by atoms with Crippen molar-refractivity contribution in [2.45, 2.75) is 33.2 Å². The van der Waals surface area contributed by atoms with Crippen LogP contribution in [-0.4, -0.2) is 75.4 Å². The zero-order chi connectivity index (χ0) is 19.8. The maximum atomic E-state index is 5.87. The molecule has 6 heteroatoms. The molecule has 1 aromatic carbocycles. The largest absolute Gasteiger partial charge is 0.492 e. The fourth-order valence-corrected chi connectivity index (χ4v) is 4.14. The molecule has 6 nitrogen and oxygen atoms in total. The van der Waals surface area contributed by atoms with Crippen LogP contribution in [0.25, 0.3) is 0 Å². The zero-order valence-electron chi connectivity index (χ0n) is 17.7. The molecule has 1 aromatic rings. The Morgan fingerprint density at radius 2 is 2.04 bits per heavy atom. The molecule has 0 aliphatic carbocycles. The van der Waals surface area contributed by atoms with Crippen LogP contribution in [0.5, 0.6) is 5.75 Å². The van der Waals surface area contributed by atoms with Crippen LogP contribution < -0.4 is 10.1 Å². The van der Waals surface area contributed by atoms with Crippen molar-refractivity contribution in [2.75, 3.05) is 59.6 Å². The van der Waals surface area contributed by atoms with Gasteiger partial charge in [-0.1, -0.05) is 26.0 Å². The molecule has 2 fully saturated rings. The first-order valence-electron chi connectivity index (χ1n) is 10.7. The zero-order valence-corrected chi connectivity index (χ0v) is 17.7. The summed E-state index contributed by atoms with van der Waals surface area (Å²) in [5, 5.41) is 3.51.